The monoisotopic (exact) mass is 503 g/mol. The molecule has 0 saturated carbocycles. The first-order valence-corrected chi connectivity index (χ1v) is 11.4. The van der Waals surface area contributed by atoms with Crippen LogP contribution in [0.5, 0.6) is 5.75 Å². The van der Waals surface area contributed by atoms with Crippen molar-refractivity contribution in [3.8, 4) is 5.75 Å². The van der Waals surface area contributed by atoms with Gasteiger partial charge in [-0.2, -0.15) is 0 Å². The lowest BCUT2D eigenvalue weighted by atomic mass is 10.2. The molecule has 1 atom stereocenters. The summed E-state index contributed by atoms with van der Waals surface area (Å²) in [6, 6.07) is 15.3. The third kappa shape index (κ3) is 9.40. The van der Waals surface area contributed by atoms with E-state index in [1.54, 1.807) is 25.3 Å². The van der Waals surface area contributed by atoms with Gasteiger partial charge in [-0.3, -0.25) is 14.6 Å². The molecule has 10 heteroatoms. The number of hydrogen-bond donors (Lipinski definition) is 3. The number of ether oxygens (including phenoxy) is 1. The van der Waals surface area contributed by atoms with Crippen molar-refractivity contribution >= 4 is 41.2 Å². The van der Waals surface area contributed by atoms with E-state index in [2.05, 4.69) is 39.4 Å². The number of carboxylic acid groups (broad SMARTS) is 2. The van der Waals surface area contributed by atoms with Crippen molar-refractivity contribution in [3.05, 3.63) is 65.2 Å². The number of carbonyl (C=O) groups is 3. The van der Waals surface area contributed by atoms with Crippen LogP contribution < -0.4 is 10.1 Å². The highest BCUT2D eigenvalue weighted by atomic mass is 35.5. The summed E-state index contributed by atoms with van der Waals surface area (Å²) in [5.41, 5.74) is 1.81. The molecule has 2 aromatic carbocycles. The Morgan fingerprint density at radius 2 is 1.69 bits per heavy atom. The van der Waals surface area contributed by atoms with Crippen LogP contribution in [-0.4, -0.2) is 83.7 Å². The summed E-state index contributed by atoms with van der Waals surface area (Å²) in [5, 5.41) is 18.3. The van der Waals surface area contributed by atoms with Crippen LogP contribution in [0.2, 0.25) is 5.02 Å². The van der Waals surface area contributed by atoms with Gasteiger partial charge in [0, 0.05) is 37.7 Å². The molecule has 35 heavy (non-hydrogen) atoms. The smallest absolute Gasteiger partial charge is 0.414 e. The van der Waals surface area contributed by atoms with Crippen LogP contribution in [-0.2, 0) is 14.4 Å². The van der Waals surface area contributed by atoms with Gasteiger partial charge in [-0.05, 0) is 30.7 Å². The highest BCUT2D eigenvalue weighted by Crippen LogP contribution is 2.28. The van der Waals surface area contributed by atoms with E-state index in [9.17, 15) is 4.79 Å². The molecule has 0 spiro atoms. The number of carbonyl (C=O) groups excluding carboxylic acids is 1. The van der Waals surface area contributed by atoms with Crippen LogP contribution in [0.1, 0.15) is 12.5 Å². The molecule has 1 aliphatic rings. The largest absolute Gasteiger partial charge is 0.495 e. The normalized spacial score (nSPS) is 15.1. The van der Waals surface area contributed by atoms with Crippen molar-refractivity contribution in [2.24, 2.45) is 0 Å². The summed E-state index contributed by atoms with van der Waals surface area (Å²) < 4.78 is 5.31. The Balaban J connectivity index is 0.000000641. The van der Waals surface area contributed by atoms with Crippen LogP contribution in [0.3, 0.4) is 0 Å². The van der Waals surface area contributed by atoms with E-state index in [0.29, 0.717) is 16.5 Å². The number of anilines is 1. The predicted molar refractivity (Wildman–Crippen MR) is 135 cm³/mol. The minimum atomic E-state index is -1.82. The van der Waals surface area contributed by atoms with Crippen LogP contribution in [0, 0.1) is 0 Å². The van der Waals surface area contributed by atoms with Crippen LogP contribution in [0.4, 0.5) is 5.69 Å². The van der Waals surface area contributed by atoms with Crippen molar-refractivity contribution in [2.75, 3.05) is 45.2 Å². The Hall–Kier alpha value is -3.40. The molecule has 1 fully saturated rings. The van der Waals surface area contributed by atoms with E-state index < -0.39 is 11.9 Å². The summed E-state index contributed by atoms with van der Waals surface area (Å²) in [4.78, 5) is 35.5. The zero-order valence-corrected chi connectivity index (χ0v) is 20.4. The predicted octanol–water partition coefficient (Wildman–Crippen LogP) is 3.16. The van der Waals surface area contributed by atoms with Gasteiger partial charge in [0.2, 0.25) is 5.91 Å². The number of piperazine rings is 1. The van der Waals surface area contributed by atoms with Crippen molar-refractivity contribution in [2.45, 2.75) is 13.0 Å². The van der Waals surface area contributed by atoms with Gasteiger partial charge in [0.25, 0.3) is 0 Å². The van der Waals surface area contributed by atoms with Crippen molar-refractivity contribution in [1.29, 1.82) is 0 Å². The van der Waals surface area contributed by atoms with Crippen LogP contribution in [0.25, 0.3) is 6.08 Å². The number of hydrogen-bond acceptors (Lipinski definition) is 6. The Kier molecular flexibility index (Phi) is 11.2. The SMILES string of the molecule is COc1ccc(Cl)cc1NC(=O)C(C)N1CCN(CC=Cc2ccccc2)CC1.O=C(O)C(=O)O. The fourth-order valence-electron chi connectivity index (χ4n) is 3.42. The number of rotatable bonds is 7. The van der Waals surface area contributed by atoms with Gasteiger partial charge >= 0.3 is 11.9 Å². The second-order valence-electron chi connectivity index (χ2n) is 7.77. The molecular formula is C25H30ClN3O6. The molecule has 0 aliphatic carbocycles. The number of nitrogens with one attached hydrogen (secondary N) is 1. The molecular weight excluding hydrogens is 474 g/mol. The van der Waals surface area contributed by atoms with Gasteiger partial charge in [-0.1, -0.05) is 54.1 Å². The molecule has 0 bridgehead atoms. The molecule has 1 saturated heterocycles. The fourth-order valence-corrected chi connectivity index (χ4v) is 3.59. The Bertz CT molecular complexity index is 1010. The number of halogens is 1. The van der Waals surface area contributed by atoms with Crippen molar-refractivity contribution < 1.29 is 29.3 Å². The van der Waals surface area contributed by atoms with Gasteiger partial charge in [-0.15, -0.1) is 0 Å². The van der Waals surface area contributed by atoms with Gasteiger partial charge in [-0.25, -0.2) is 9.59 Å². The average molecular weight is 504 g/mol. The zero-order chi connectivity index (χ0) is 25.8. The molecule has 0 radical (unpaired) electrons. The van der Waals surface area contributed by atoms with Gasteiger partial charge < -0.3 is 20.3 Å². The molecule has 9 nitrogen and oxygen atoms in total. The molecule has 1 amide bonds. The van der Waals surface area contributed by atoms with Crippen LogP contribution >= 0.6 is 11.6 Å². The molecule has 2 aromatic rings. The first-order valence-electron chi connectivity index (χ1n) is 11.0. The summed E-state index contributed by atoms with van der Waals surface area (Å²) in [6.07, 6.45) is 4.35. The van der Waals surface area contributed by atoms with Crippen molar-refractivity contribution in [1.82, 2.24) is 9.80 Å². The molecule has 3 N–H and O–H groups in total. The third-order valence-corrected chi connectivity index (χ3v) is 5.64. The number of methoxy groups -OCH3 is 1. The lowest BCUT2D eigenvalue weighted by Crippen LogP contribution is -2.52. The molecule has 1 heterocycles. The summed E-state index contributed by atoms with van der Waals surface area (Å²) in [6.45, 7) is 6.47. The standard InChI is InChI=1S/C23H28ClN3O2.C2H2O4/c1-18(23(28)25-21-17-20(24)10-11-22(21)29-2)27-15-13-26(14-16-27)12-6-9-19-7-4-3-5-8-19;3-1(4)2(5)6/h3-11,17-18H,12-16H2,1-2H3,(H,25,28);(H,3,4)(H,5,6). The maximum atomic E-state index is 12.7. The minimum absolute atomic E-state index is 0.0528. The first-order chi connectivity index (χ1) is 16.7. The number of nitrogens with zero attached hydrogens (tertiary/aromatic N) is 2. The van der Waals surface area contributed by atoms with E-state index in [0.717, 1.165) is 32.7 Å². The third-order valence-electron chi connectivity index (χ3n) is 5.41. The number of carboxylic acids is 2. The summed E-state index contributed by atoms with van der Waals surface area (Å²) in [7, 11) is 1.58. The minimum Gasteiger partial charge on any atom is -0.495 e. The van der Waals surface area contributed by atoms with Gasteiger partial charge in [0.1, 0.15) is 5.75 Å². The summed E-state index contributed by atoms with van der Waals surface area (Å²) in [5.74, 6) is -3.10. The highest BCUT2D eigenvalue weighted by molar-refractivity contribution is 6.31. The van der Waals surface area contributed by atoms with E-state index >= 15 is 0 Å². The lowest BCUT2D eigenvalue weighted by molar-refractivity contribution is -0.159. The molecule has 1 unspecified atom stereocenters. The Labute approximate surface area is 209 Å². The maximum absolute atomic E-state index is 12.7. The second kappa shape index (κ2) is 14.1. The Morgan fingerprint density at radius 1 is 1.06 bits per heavy atom. The molecule has 3 rings (SSSR count). The van der Waals surface area contributed by atoms with E-state index in [1.165, 1.54) is 5.56 Å². The van der Waals surface area contributed by atoms with Crippen molar-refractivity contribution in [3.63, 3.8) is 0 Å². The fraction of sp³-hybridized carbons (Fsp3) is 0.320. The zero-order valence-electron chi connectivity index (χ0n) is 19.7. The quantitative estimate of drug-likeness (QED) is 0.493. The number of amides is 1. The Morgan fingerprint density at radius 3 is 2.26 bits per heavy atom. The van der Waals surface area contributed by atoms with Crippen LogP contribution in [0.15, 0.2) is 54.6 Å². The highest BCUT2D eigenvalue weighted by Gasteiger charge is 2.25. The topological polar surface area (TPSA) is 119 Å². The van der Waals surface area contributed by atoms with Gasteiger partial charge in [0.05, 0.1) is 18.8 Å². The average Bonchev–Trinajstić information content (AvgIpc) is 2.85. The molecule has 0 aromatic heterocycles. The lowest BCUT2D eigenvalue weighted by Gasteiger charge is -2.37. The van der Waals surface area contributed by atoms with E-state index in [1.807, 2.05) is 25.1 Å². The number of aliphatic carboxylic acids is 2. The summed E-state index contributed by atoms with van der Waals surface area (Å²) >= 11 is 6.05. The maximum Gasteiger partial charge on any atom is 0.414 e. The molecule has 188 valence electrons. The number of benzene rings is 2. The molecule has 1 aliphatic heterocycles. The first kappa shape index (κ1) is 27.8. The van der Waals surface area contributed by atoms with Gasteiger partial charge in [0.15, 0.2) is 0 Å². The second-order valence-corrected chi connectivity index (χ2v) is 8.21. The van der Waals surface area contributed by atoms with E-state index in [-0.39, 0.29) is 11.9 Å². The van der Waals surface area contributed by atoms with E-state index in [4.69, 9.17) is 36.1 Å².